The minimum absolute atomic E-state index is 0.206. The number of benzene rings is 2. The molecule has 0 aliphatic carbocycles. The molecule has 5 rings (SSSR count). The second-order valence-electron chi connectivity index (χ2n) is 7.53. The van der Waals surface area contributed by atoms with Crippen molar-refractivity contribution < 1.29 is 4.74 Å². The van der Waals surface area contributed by atoms with Crippen LogP contribution in [0.5, 0.6) is 5.75 Å². The third-order valence-corrected chi connectivity index (χ3v) is 5.75. The van der Waals surface area contributed by atoms with Gasteiger partial charge in [-0.2, -0.15) is 15.5 Å². The number of hydrogen-bond donors (Lipinski definition) is 2. The third-order valence-electron chi connectivity index (χ3n) is 5.75. The number of H-pyrrole nitrogens is 1. The molecule has 154 valence electrons. The molecule has 2 aromatic heterocycles. The van der Waals surface area contributed by atoms with E-state index in [0.29, 0.717) is 34.4 Å². The fourth-order valence-electron chi connectivity index (χ4n) is 4.24. The summed E-state index contributed by atoms with van der Waals surface area (Å²) in [6, 6.07) is 11.9. The molecular weight excluding hydrogens is 392 g/mol. The highest BCUT2D eigenvalue weighted by Gasteiger charge is 2.23. The summed E-state index contributed by atoms with van der Waals surface area (Å²) in [4.78, 5) is 12.2. The second-order valence-corrected chi connectivity index (χ2v) is 7.53. The van der Waals surface area contributed by atoms with Crippen LogP contribution < -0.4 is 16.0 Å². The van der Waals surface area contributed by atoms with Gasteiger partial charge in [-0.3, -0.25) is 9.48 Å². The molecule has 1 aliphatic heterocycles. The number of rotatable bonds is 3. The first-order valence-corrected chi connectivity index (χ1v) is 10.0. The van der Waals surface area contributed by atoms with E-state index in [1.54, 1.807) is 16.9 Å². The number of aromatic nitrogens is 4. The van der Waals surface area contributed by atoms with Crippen molar-refractivity contribution in [2.45, 2.75) is 19.4 Å². The molecule has 0 spiro atoms. The standard InChI is InChI=1S/C23H20N6O2/c1-29-21(15-6-4-13-3-2-8-31-22(13)18(15)10-24)19(12-26-29)14-5-7-16-17(9-14)20(11-25)27-28-23(16)30/h4-7,9,12H,2-3,8,11,25H2,1H3,(H,28,30). The number of hydrogen-bond acceptors (Lipinski definition) is 6. The minimum atomic E-state index is -0.260. The smallest absolute Gasteiger partial charge is 0.272 e. The SMILES string of the molecule is Cn1ncc(-c2ccc3c(=O)[nH]nc(CN)c3c2)c1-c1ccc2c(c1C#N)OCCC2. The maximum absolute atomic E-state index is 12.2. The Morgan fingerprint density at radius 2 is 2.13 bits per heavy atom. The Labute approximate surface area is 177 Å². The zero-order valence-electron chi connectivity index (χ0n) is 17.0. The average Bonchev–Trinajstić information content (AvgIpc) is 3.19. The summed E-state index contributed by atoms with van der Waals surface area (Å²) in [7, 11) is 1.85. The van der Waals surface area contributed by atoms with Crippen molar-refractivity contribution in [1.29, 1.82) is 5.26 Å². The molecule has 0 radical (unpaired) electrons. The fourth-order valence-corrected chi connectivity index (χ4v) is 4.24. The van der Waals surface area contributed by atoms with Crippen LogP contribution >= 0.6 is 0 Å². The number of nitrogens with two attached hydrogens (primary N) is 1. The van der Waals surface area contributed by atoms with Gasteiger partial charge in [0.2, 0.25) is 0 Å². The van der Waals surface area contributed by atoms with Crippen LogP contribution in [-0.2, 0) is 20.0 Å². The van der Waals surface area contributed by atoms with E-state index in [9.17, 15) is 10.1 Å². The Morgan fingerprint density at radius 1 is 1.26 bits per heavy atom. The lowest BCUT2D eigenvalue weighted by atomic mass is 9.93. The first kappa shape index (κ1) is 19.0. The van der Waals surface area contributed by atoms with Crippen LogP contribution in [0.3, 0.4) is 0 Å². The summed E-state index contributed by atoms with van der Waals surface area (Å²) in [6.07, 6.45) is 3.61. The Bertz CT molecular complexity index is 1430. The maximum Gasteiger partial charge on any atom is 0.272 e. The van der Waals surface area contributed by atoms with E-state index in [0.717, 1.165) is 40.8 Å². The van der Waals surface area contributed by atoms with Gasteiger partial charge in [-0.25, -0.2) is 5.10 Å². The highest BCUT2D eigenvalue weighted by atomic mass is 16.5. The van der Waals surface area contributed by atoms with E-state index in [1.807, 2.05) is 31.3 Å². The zero-order valence-corrected chi connectivity index (χ0v) is 17.0. The Morgan fingerprint density at radius 3 is 2.94 bits per heavy atom. The molecule has 8 heteroatoms. The van der Waals surface area contributed by atoms with Crippen LogP contribution in [0.2, 0.25) is 0 Å². The molecule has 0 amide bonds. The van der Waals surface area contributed by atoms with Crippen molar-refractivity contribution in [3.8, 4) is 34.2 Å². The molecule has 31 heavy (non-hydrogen) atoms. The van der Waals surface area contributed by atoms with Crippen LogP contribution in [0.1, 0.15) is 23.2 Å². The molecule has 4 aromatic rings. The molecule has 0 bridgehead atoms. The quantitative estimate of drug-likeness (QED) is 0.533. The molecule has 3 heterocycles. The number of nitrogens with zero attached hydrogens (tertiary/aromatic N) is 4. The summed E-state index contributed by atoms with van der Waals surface area (Å²) in [5.41, 5.74) is 11.0. The lowest BCUT2D eigenvalue weighted by Crippen LogP contribution is -2.13. The Hall–Kier alpha value is -3.96. The lowest BCUT2D eigenvalue weighted by Gasteiger charge is -2.20. The Kier molecular flexibility index (Phi) is 4.53. The van der Waals surface area contributed by atoms with Gasteiger partial charge in [0.1, 0.15) is 17.4 Å². The van der Waals surface area contributed by atoms with E-state index in [2.05, 4.69) is 21.4 Å². The van der Waals surface area contributed by atoms with Crippen LogP contribution in [0.25, 0.3) is 33.2 Å². The van der Waals surface area contributed by atoms with Crippen molar-refractivity contribution in [2.75, 3.05) is 6.61 Å². The number of aromatic amines is 1. The van der Waals surface area contributed by atoms with E-state index < -0.39 is 0 Å². The first-order chi connectivity index (χ1) is 15.1. The first-order valence-electron chi connectivity index (χ1n) is 10.0. The molecule has 0 unspecified atom stereocenters. The van der Waals surface area contributed by atoms with Gasteiger partial charge in [0, 0.05) is 30.1 Å². The molecule has 0 saturated heterocycles. The molecule has 0 atom stereocenters. The summed E-state index contributed by atoms with van der Waals surface area (Å²) in [6.45, 7) is 0.814. The zero-order chi connectivity index (χ0) is 21.5. The van der Waals surface area contributed by atoms with E-state index in [-0.39, 0.29) is 12.1 Å². The largest absolute Gasteiger partial charge is 0.492 e. The minimum Gasteiger partial charge on any atom is -0.492 e. The van der Waals surface area contributed by atoms with Crippen molar-refractivity contribution >= 4 is 10.8 Å². The van der Waals surface area contributed by atoms with Gasteiger partial charge in [-0.05, 0) is 36.1 Å². The van der Waals surface area contributed by atoms with Crippen molar-refractivity contribution in [3.05, 3.63) is 63.7 Å². The number of nitrogens with one attached hydrogen (secondary N) is 1. The van der Waals surface area contributed by atoms with Gasteiger partial charge in [-0.1, -0.05) is 18.2 Å². The number of fused-ring (bicyclic) bond motifs is 2. The number of ether oxygens (including phenoxy) is 1. The highest BCUT2D eigenvalue weighted by molar-refractivity contribution is 5.92. The summed E-state index contributed by atoms with van der Waals surface area (Å²) >= 11 is 0. The predicted molar refractivity (Wildman–Crippen MR) is 116 cm³/mol. The fraction of sp³-hybridized carbons (Fsp3) is 0.217. The lowest BCUT2D eigenvalue weighted by molar-refractivity contribution is 0.287. The summed E-state index contributed by atoms with van der Waals surface area (Å²) in [5.74, 6) is 0.665. The monoisotopic (exact) mass is 412 g/mol. The van der Waals surface area contributed by atoms with Gasteiger partial charge >= 0.3 is 0 Å². The van der Waals surface area contributed by atoms with Crippen LogP contribution in [0, 0.1) is 11.3 Å². The Balaban J connectivity index is 1.74. The highest BCUT2D eigenvalue weighted by Crippen LogP contribution is 2.40. The molecule has 2 aromatic carbocycles. The summed E-state index contributed by atoms with van der Waals surface area (Å²) < 4.78 is 7.61. The third kappa shape index (κ3) is 2.98. The van der Waals surface area contributed by atoms with Crippen molar-refractivity contribution in [1.82, 2.24) is 20.0 Å². The van der Waals surface area contributed by atoms with Gasteiger partial charge in [0.05, 0.1) is 29.6 Å². The number of aryl methyl sites for hydroxylation is 2. The van der Waals surface area contributed by atoms with Crippen LogP contribution in [-0.4, -0.2) is 26.6 Å². The van der Waals surface area contributed by atoms with E-state index in [4.69, 9.17) is 10.5 Å². The van der Waals surface area contributed by atoms with Crippen molar-refractivity contribution in [2.24, 2.45) is 12.8 Å². The van der Waals surface area contributed by atoms with Crippen LogP contribution in [0.4, 0.5) is 0 Å². The molecule has 8 nitrogen and oxygen atoms in total. The molecular formula is C23H20N6O2. The summed E-state index contributed by atoms with van der Waals surface area (Å²) in [5, 5.41) is 22.2. The molecule has 0 fully saturated rings. The normalized spacial score (nSPS) is 12.9. The van der Waals surface area contributed by atoms with E-state index >= 15 is 0 Å². The molecule has 0 saturated carbocycles. The van der Waals surface area contributed by atoms with Crippen molar-refractivity contribution in [3.63, 3.8) is 0 Å². The van der Waals surface area contributed by atoms with Gasteiger partial charge in [0.15, 0.2) is 0 Å². The topological polar surface area (TPSA) is 123 Å². The van der Waals surface area contributed by atoms with Gasteiger partial charge in [0.25, 0.3) is 5.56 Å². The van der Waals surface area contributed by atoms with E-state index in [1.165, 1.54) is 0 Å². The number of nitriles is 1. The van der Waals surface area contributed by atoms with Crippen LogP contribution in [0.15, 0.2) is 41.3 Å². The molecule has 3 N–H and O–H groups in total. The molecule has 1 aliphatic rings. The predicted octanol–water partition coefficient (Wildman–Crippen LogP) is 2.65. The van der Waals surface area contributed by atoms with Gasteiger partial charge in [-0.15, -0.1) is 0 Å². The second kappa shape index (κ2) is 7.38. The van der Waals surface area contributed by atoms with Gasteiger partial charge < -0.3 is 10.5 Å². The maximum atomic E-state index is 12.2. The average molecular weight is 412 g/mol.